The Labute approximate surface area is 107 Å². The van der Waals surface area contributed by atoms with Crippen LogP contribution < -0.4 is 5.32 Å². The lowest BCUT2D eigenvalue weighted by molar-refractivity contribution is -0.123. The van der Waals surface area contributed by atoms with Crippen molar-refractivity contribution in [2.24, 2.45) is 0 Å². The van der Waals surface area contributed by atoms with Gasteiger partial charge < -0.3 is 15.2 Å². The fourth-order valence-electron chi connectivity index (χ4n) is 2.19. The van der Waals surface area contributed by atoms with Crippen LogP contribution in [0.4, 0.5) is 5.69 Å². The predicted octanol–water partition coefficient (Wildman–Crippen LogP) is 2.68. The number of ether oxygens (including phenoxy) is 1. The van der Waals surface area contributed by atoms with Gasteiger partial charge in [0.25, 0.3) is 0 Å². The van der Waals surface area contributed by atoms with Crippen LogP contribution in [0.5, 0.6) is 5.75 Å². The van der Waals surface area contributed by atoms with Crippen LogP contribution in [-0.4, -0.2) is 23.7 Å². The first kappa shape index (κ1) is 12.9. The van der Waals surface area contributed by atoms with Crippen LogP contribution in [0.15, 0.2) is 24.3 Å². The number of hydrogen-bond acceptors (Lipinski definition) is 3. The zero-order valence-corrected chi connectivity index (χ0v) is 10.4. The lowest BCUT2D eigenvalue weighted by Gasteiger charge is -2.21. The van der Waals surface area contributed by atoms with Gasteiger partial charge in [0.05, 0.1) is 11.8 Å². The van der Waals surface area contributed by atoms with Crippen molar-refractivity contribution in [2.75, 3.05) is 11.9 Å². The second kappa shape index (κ2) is 6.40. The van der Waals surface area contributed by atoms with E-state index < -0.39 is 0 Å². The number of aromatic hydroxyl groups is 1. The maximum Gasteiger partial charge on any atom is 0.250 e. The van der Waals surface area contributed by atoms with E-state index in [-0.39, 0.29) is 24.4 Å². The van der Waals surface area contributed by atoms with Gasteiger partial charge in [-0.1, -0.05) is 31.4 Å². The smallest absolute Gasteiger partial charge is 0.250 e. The molecule has 0 atom stereocenters. The van der Waals surface area contributed by atoms with Gasteiger partial charge in [-0.3, -0.25) is 4.79 Å². The summed E-state index contributed by atoms with van der Waals surface area (Å²) in [6.07, 6.45) is 5.95. The van der Waals surface area contributed by atoms with E-state index in [2.05, 4.69) is 5.32 Å². The molecule has 4 heteroatoms. The first-order chi connectivity index (χ1) is 8.75. The molecule has 0 heterocycles. The fraction of sp³-hybridized carbons (Fsp3) is 0.500. The molecule has 0 aromatic heterocycles. The highest BCUT2D eigenvalue weighted by atomic mass is 16.5. The van der Waals surface area contributed by atoms with Crippen molar-refractivity contribution in [3.63, 3.8) is 0 Å². The van der Waals surface area contributed by atoms with E-state index in [0.29, 0.717) is 5.69 Å². The molecule has 2 N–H and O–H groups in total. The van der Waals surface area contributed by atoms with Gasteiger partial charge >= 0.3 is 0 Å². The minimum atomic E-state index is -0.220. The topological polar surface area (TPSA) is 58.6 Å². The van der Waals surface area contributed by atoms with Gasteiger partial charge in [-0.25, -0.2) is 0 Å². The Bertz CT molecular complexity index is 400. The molecule has 1 aliphatic carbocycles. The second-order valence-corrected chi connectivity index (χ2v) is 4.64. The average molecular weight is 249 g/mol. The minimum absolute atomic E-state index is 0.0546. The Morgan fingerprint density at radius 1 is 1.28 bits per heavy atom. The van der Waals surface area contributed by atoms with Crippen LogP contribution >= 0.6 is 0 Å². The zero-order chi connectivity index (χ0) is 12.8. The van der Waals surface area contributed by atoms with Gasteiger partial charge in [-0.05, 0) is 25.0 Å². The van der Waals surface area contributed by atoms with E-state index in [1.807, 2.05) is 0 Å². The summed E-state index contributed by atoms with van der Waals surface area (Å²) in [5, 5.41) is 12.2. The molecule has 1 aromatic rings. The van der Waals surface area contributed by atoms with Crippen molar-refractivity contribution in [1.29, 1.82) is 0 Å². The monoisotopic (exact) mass is 249 g/mol. The lowest BCUT2D eigenvalue weighted by Crippen LogP contribution is -2.24. The Morgan fingerprint density at radius 3 is 2.72 bits per heavy atom. The molecule has 0 bridgehead atoms. The number of phenols is 1. The number of hydrogen-bond donors (Lipinski definition) is 2. The third-order valence-corrected chi connectivity index (χ3v) is 3.18. The lowest BCUT2D eigenvalue weighted by atomic mass is 9.98. The summed E-state index contributed by atoms with van der Waals surface area (Å²) < 4.78 is 5.56. The molecule has 0 saturated heterocycles. The van der Waals surface area contributed by atoms with E-state index in [0.717, 1.165) is 12.8 Å². The quantitative estimate of drug-likeness (QED) is 0.806. The molecule has 1 saturated carbocycles. The summed E-state index contributed by atoms with van der Waals surface area (Å²) in [6.45, 7) is 0.0546. The van der Waals surface area contributed by atoms with Crippen molar-refractivity contribution in [1.82, 2.24) is 0 Å². The number of para-hydroxylation sites is 2. The van der Waals surface area contributed by atoms with Gasteiger partial charge in [0.2, 0.25) is 5.91 Å². The standard InChI is InChI=1S/C14H19NO3/c16-13-9-5-4-8-12(13)15-14(17)10-18-11-6-2-1-3-7-11/h4-5,8-9,11,16H,1-3,6-7,10H2,(H,15,17). The van der Waals surface area contributed by atoms with Crippen LogP contribution in [0, 0.1) is 0 Å². The van der Waals surface area contributed by atoms with Crippen LogP contribution in [0.2, 0.25) is 0 Å². The van der Waals surface area contributed by atoms with Gasteiger partial charge in [0.1, 0.15) is 12.4 Å². The van der Waals surface area contributed by atoms with E-state index in [9.17, 15) is 9.90 Å². The zero-order valence-electron chi connectivity index (χ0n) is 10.4. The molecule has 1 aliphatic rings. The number of rotatable bonds is 4. The van der Waals surface area contributed by atoms with E-state index >= 15 is 0 Å². The van der Waals surface area contributed by atoms with Crippen molar-refractivity contribution < 1.29 is 14.6 Å². The molecule has 0 aliphatic heterocycles. The summed E-state index contributed by atoms with van der Waals surface area (Å²) >= 11 is 0. The normalized spacial score (nSPS) is 16.4. The number of carbonyl (C=O) groups excluding carboxylic acids is 1. The summed E-state index contributed by atoms with van der Waals surface area (Å²) in [4.78, 5) is 11.7. The molecule has 0 radical (unpaired) electrons. The highest BCUT2D eigenvalue weighted by Crippen LogP contribution is 2.22. The fourth-order valence-corrected chi connectivity index (χ4v) is 2.19. The summed E-state index contributed by atoms with van der Waals surface area (Å²) in [5.74, 6) is -0.148. The predicted molar refractivity (Wildman–Crippen MR) is 69.6 cm³/mol. The largest absolute Gasteiger partial charge is 0.506 e. The molecule has 4 nitrogen and oxygen atoms in total. The highest BCUT2D eigenvalue weighted by Gasteiger charge is 2.15. The summed E-state index contributed by atoms with van der Waals surface area (Å²) in [7, 11) is 0. The number of benzene rings is 1. The maximum atomic E-state index is 11.7. The molecule has 0 unspecified atom stereocenters. The van der Waals surface area contributed by atoms with Gasteiger partial charge in [0.15, 0.2) is 0 Å². The van der Waals surface area contributed by atoms with E-state index in [1.54, 1.807) is 18.2 Å². The van der Waals surface area contributed by atoms with Crippen LogP contribution in [0.25, 0.3) is 0 Å². The molecular formula is C14H19NO3. The SMILES string of the molecule is O=C(COC1CCCCC1)Nc1ccccc1O. The van der Waals surface area contributed by atoms with Crippen LogP contribution in [0.1, 0.15) is 32.1 Å². The van der Waals surface area contributed by atoms with Gasteiger partial charge in [-0.15, -0.1) is 0 Å². The highest BCUT2D eigenvalue weighted by molar-refractivity contribution is 5.93. The average Bonchev–Trinajstić information content (AvgIpc) is 2.40. The summed E-state index contributed by atoms with van der Waals surface area (Å²) in [6, 6.07) is 6.67. The molecule has 2 rings (SSSR count). The Hall–Kier alpha value is -1.55. The van der Waals surface area contributed by atoms with Crippen LogP contribution in [-0.2, 0) is 9.53 Å². The number of nitrogens with one attached hydrogen (secondary N) is 1. The number of amides is 1. The van der Waals surface area contributed by atoms with Crippen molar-refractivity contribution in [3.8, 4) is 5.75 Å². The Balaban J connectivity index is 1.76. The summed E-state index contributed by atoms with van der Waals surface area (Å²) in [5.41, 5.74) is 0.426. The number of carbonyl (C=O) groups is 1. The Kier molecular flexibility index (Phi) is 4.59. The number of phenolic OH excluding ortho intramolecular Hbond substituents is 1. The molecule has 1 fully saturated rings. The minimum Gasteiger partial charge on any atom is -0.506 e. The Morgan fingerprint density at radius 2 is 2.00 bits per heavy atom. The first-order valence-electron chi connectivity index (χ1n) is 6.45. The van der Waals surface area contributed by atoms with Crippen LogP contribution in [0.3, 0.4) is 0 Å². The number of anilines is 1. The van der Waals surface area contributed by atoms with E-state index in [4.69, 9.17) is 4.74 Å². The van der Waals surface area contributed by atoms with Crippen molar-refractivity contribution in [2.45, 2.75) is 38.2 Å². The van der Waals surface area contributed by atoms with Crippen molar-refractivity contribution in [3.05, 3.63) is 24.3 Å². The molecule has 0 spiro atoms. The van der Waals surface area contributed by atoms with Gasteiger partial charge in [-0.2, -0.15) is 0 Å². The first-order valence-corrected chi connectivity index (χ1v) is 6.45. The third kappa shape index (κ3) is 3.74. The van der Waals surface area contributed by atoms with Crippen molar-refractivity contribution >= 4 is 11.6 Å². The molecular weight excluding hydrogens is 230 g/mol. The maximum absolute atomic E-state index is 11.7. The molecule has 98 valence electrons. The third-order valence-electron chi connectivity index (χ3n) is 3.18. The van der Waals surface area contributed by atoms with Gasteiger partial charge in [0, 0.05) is 0 Å². The van der Waals surface area contributed by atoms with E-state index in [1.165, 1.54) is 25.3 Å². The molecule has 1 amide bonds. The molecule has 1 aromatic carbocycles. The molecule has 18 heavy (non-hydrogen) atoms. The second-order valence-electron chi connectivity index (χ2n) is 4.64.